The van der Waals surface area contributed by atoms with Gasteiger partial charge in [-0.2, -0.15) is 0 Å². The predicted octanol–water partition coefficient (Wildman–Crippen LogP) is 9.96. The lowest BCUT2D eigenvalue weighted by Gasteiger charge is -2.54. The third-order valence-corrected chi connectivity index (χ3v) is 19.4. The summed E-state index contributed by atoms with van der Waals surface area (Å²) in [5.74, 6) is 3.36. The van der Waals surface area contributed by atoms with E-state index in [0.29, 0.717) is 41.5 Å². The minimum absolute atomic E-state index is 0.00691. The summed E-state index contributed by atoms with van der Waals surface area (Å²) >= 11 is 0. The second-order valence-electron chi connectivity index (χ2n) is 20.8. The van der Waals surface area contributed by atoms with Gasteiger partial charge in [0.25, 0.3) is 0 Å². The van der Waals surface area contributed by atoms with Gasteiger partial charge in [-0.05, 0) is 152 Å². The molecule has 0 bridgehead atoms. The van der Waals surface area contributed by atoms with Gasteiger partial charge >= 0.3 is 0 Å². The molecule has 1 nitrogen and oxygen atoms in total. The van der Waals surface area contributed by atoms with Gasteiger partial charge in [0.15, 0.2) is 0 Å². The van der Waals surface area contributed by atoms with Crippen molar-refractivity contribution in [1.29, 1.82) is 0 Å². The number of hydrogen-bond donors (Lipinski definition) is 0. The average molecular weight is 722 g/mol. The second-order valence-corrected chi connectivity index (χ2v) is 20.8. The lowest BCUT2D eigenvalue weighted by Crippen LogP contribution is -2.54. The van der Waals surface area contributed by atoms with Gasteiger partial charge in [0.1, 0.15) is 0 Å². The van der Waals surface area contributed by atoms with Gasteiger partial charge in [0.05, 0.1) is 5.41 Å². The highest BCUT2D eigenvalue weighted by Crippen LogP contribution is 2.81. The molecule has 0 N–H and O–H groups in total. The zero-order valence-corrected chi connectivity index (χ0v) is 32.7. The van der Waals surface area contributed by atoms with Crippen LogP contribution in [0.2, 0.25) is 0 Å². The third kappa shape index (κ3) is 2.43. The molecule has 1 saturated heterocycles. The van der Waals surface area contributed by atoms with E-state index in [1.807, 2.05) is 16.7 Å². The van der Waals surface area contributed by atoms with Crippen LogP contribution in [0.3, 0.4) is 0 Å². The summed E-state index contributed by atoms with van der Waals surface area (Å²) in [5.41, 5.74) is 22.5. The first-order chi connectivity index (χ1) is 27.7. The Kier molecular flexibility index (Phi) is 4.56. The van der Waals surface area contributed by atoms with Gasteiger partial charge in [0.2, 0.25) is 0 Å². The number of rotatable bonds is 11. The fraction of sp³-hybridized carbons (Fsp3) is 0.418. The van der Waals surface area contributed by atoms with Gasteiger partial charge in [-0.3, -0.25) is 0 Å². The molecule has 9 unspecified atom stereocenters. The molecule has 1 aliphatic heterocycles. The topological polar surface area (TPSA) is 3.24 Å². The van der Waals surface area contributed by atoms with Crippen molar-refractivity contribution in [2.75, 3.05) is 13.6 Å². The van der Waals surface area contributed by atoms with Crippen molar-refractivity contribution in [3.05, 3.63) is 120 Å². The highest BCUT2D eigenvalue weighted by atomic mass is 15.2. The molecule has 0 aromatic heterocycles. The van der Waals surface area contributed by atoms with Gasteiger partial charge in [-0.1, -0.05) is 132 Å². The van der Waals surface area contributed by atoms with Crippen molar-refractivity contribution in [3.63, 3.8) is 0 Å². The number of allylic oxidation sites excluding steroid dienone is 11. The molecule has 12 aliphatic carbocycles. The van der Waals surface area contributed by atoms with Crippen molar-refractivity contribution in [3.8, 4) is 0 Å². The van der Waals surface area contributed by atoms with E-state index in [2.05, 4.69) is 79.6 Å². The maximum absolute atomic E-state index is 2.93. The zero-order valence-electron chi connectivity index (χ0n) is 32.7. The van der Waals surface area contributed by atoms with E-state index in [0.717, 1.165) is 6.54 Å². The Balaban J connectivity index is 0.987. The number of likely N-dealkylation sites (N-methyl/N-ethyl adjacent to an activating group) is 1. The lowest BCUT2D eigenvalue weighted by molar-refractivity contribution is 0.251. The van der Waals surface area contributed by atoms with E-state index in [1.54, 1.807) is 104 Å². The van der Waals surface area contributed by atoms with Crippen LogP contribution in [0.1, 0.15) is 106 Å². The minimum Gasteiger partial charge on any atom is -0.301 e. The summed E-state index contributed by atoms with van der Waals surface area (Å²) in [7, 11) is 2.55. The molecule has 1 heterocycles. The summed E-state index contributed by atoms with van der Waals surface area (Å²) in [4.78, 5) is 2.93. The van der Waals surface area contributed by atoms with Crippen LogP contribution in [0.5, 0.6) is 0 Å². The van der Waals surface area contributed by atoms with Crippen molar-refractivity contribution >= 4 is 60.7 Å². The van der Waals surface area contributed by atoms with Crippen LogP contribution < -0.4 is 15.7 Å². The van der Waals surface area contributed by atoms with Crippen LogP contribution >= 0.6 is 0 Å². The van der Waals surface area contributed by atoms with Crippen molar-refractivity contribution < 1.29 is 0 Å². The first-order valence-corrected chi connectivity index (χ1v) is 23.1. The molecule has 1 saturated carbocycles. The summed E-state index contributed by atoms with van der Waals surface area (Å²) in [5, 5.41) is 15.2. The summed E-state index contributed by atoms with van der Waals surface area (Å²) in [6.45, 7) is 3.49. The molecule has 17 rings (SSSR count). The summed E-state index contributed by atoms with van der Waals surface area (Å²) in [6.07, 6.45) is 36.7. The number of nitrogens with zero attached hydrogens (tertiary/aromatic N) is 1. The lowest BCUT2D eigenvalue weighted by atomic mass is 9.46. The largest absolute Gasteiger partial charge is 0.301 e. The Morgan fingerprint density at radius 1 is 0.696 bits per heavy atom. The molecule has 272 valence electrons. The fourth-order valence-corrected chi connectivity index (χ4v) is 18.2. The van der Waals surface area contributed by atoms with Crippen molar-refractivity contribution in [2.24, 2.45) is 35.0 Å². The molecule has 0 amide bonds. The van der Waals surface area contributed by atoms with Crippen LogP contribution in [0, 0.1) is 35.0 Å². The maximum atomic E-state index is 2.93. The van der Waals surface area contributed by atoms with Crippen LogP contribution in [0.15, 0.2) is 82.5 Å². The minimum atomic E-state index is -0.0272. The molecule has 56 heavy (non-hydrogen) atoms. The molecule has 4 aromatic rings. The standard InChI is InChI=1S/C55H47N/c1-3-4-5-6-7-8-9-10-11-12-13-35-55-34-23-22-33-31-20-18-29-27-16-14-25-26-15-17-28-30-19-21-32(34)43-41(30)46-39(28)37(26)44-36(25)38(27)45-40(29)42(31)52(54(33,55)24-56(35)2)50-48(45)47(44)49(46)51(50)53(43)55/h14-23,27,29,35-38,40H,3-13,24H2,1-2H3. The van der Waals surface area contributed by atoms with Gasteiger partial charge in [-0.25, -0.2) is 0 Å². The zero-order chi connectivity index (χ0) is 35.9. The van der Waals surface area contributed by atoms with E-state index in [9.17, 15) is 0 Å². The van der Waals surface area contributed by atoms with Crippen LogP contribution in [-0.4, -0.2) is 24.5 Å². The molecule has 1 heteroatoms. The second kappa shape index (κ2) is 8.78. The summed E-state index contributed by atoms with van der Waals surface area (Å²) < 4.78 is 0. The van der Waals surface area contributed by atoms with E-state index in [1.165, 1.54) is 70.6 Å². The molecule has 9 atom stereocenters. The summed E-state index contributed by atoms with van der Waals surface area (Å²) in [6, 6.07) is 5.73. The fourth-order valence-electron chi connectivity index (χ4n) is 18.2. The quantitative estimate of drug-likeness (QED) is 0.140. The highest BCUT2D eigenvalue weighted by molar-refractivity contribution is 6.35. The molecular formula is C55H47N. The monoisotopic (exact) mass is 721 g/mol. The molecule has 13 aliphatic rings. The molecule has 2 spiro atoms. The Labute approximate surface area is 328 Å². The predicted molar refractivity (Wildman–Crippen MR) is 229 cm³/mol. The Morgan fingerprint density at radius 3 is 2.39 bits per heavy atom. The smallest absolute Gasteiger partial charge is 0.0526 e. The van der Waals surface area contributed by atoms with Crippen LogP contribution in [0.4, 0.5) is 0 Å². The van der Waals surface area contributed by atoms with Crippen LogP contribution in [-0.2, 0) is 5.41 Å². The molecular weight excluding hydrogens is 675 g/mol. The van der Waals surface area contributed by atoms with E-state index in [-0.39, 0.29) is 10.8 Å². The maximum Gasteiger partial charge on any atom is 0.0526 e. The highest BCUT2D eigenvalue weighted by Gasteiger charge is 2.76. The number of hydrogen-bond acceptors (Lipinski definition) is 1. The first-order valence-electron chi connectivity index (χ1n) is 23.1. The number of likely N-dealkylation sites (tertiary alicyclic amines) is 1. The van der Waals surface area contributed by atoms with Crippen LogP contribution in [0.25, 0.3) is 60.7 Å². The van der Waals surface area contributed by atoms with Gasteiger partial charge in [-0.15, -0.1) is 0 Å². The van der Waals surface area contributed by atoms with E-state index < -0.39 is 0 Å². The Hall–Kier alpha value is -4.20. The number of unbranched alkanes of at least 4 members (excludes halogenated alkanes) is 9. The van der Waals surface area contributed by atoms with Crippen molar-refractivity contribution in [2.45, 2.75) is 94.9 Å². The van der Waals surface area contributed by atoms with Gasteiger partial charge < -0.3 is 4.90 Å². The number of fused-ring (bicyclic) bond motifs is 2. The first kappa shape index (κ1) is 29.1. The van der Waals surface area contributed by atoms with Crippen molar-refractivity contribution in [1.82, 2.24) is 4.90 Å². The third-order valence-electron chi connectivity index (χ3n) is 19.4. The molecule has 4 aromatic carbocycles. The van der Waals surface area contributed by atoms with E-state index in [4.69, 9.17) is 0 Å². The Morgan fingerprint density at radius 2 is 1.52 bits per heavy atom. The average Bonchev–Trinajstić information content (AvgIpc) is 4.05. The SMILES string of the molecule is CCCCCCCCCCCCC1N(C)CC23C4=C5C=CC6C7C5=C2c2c5c8c9c2c2c%10c(ccc%11c%12c(c9c%11%10)C9C(=C%10C=CC6C(C=57)C%10C=89)C=C%12)=C(C=C4)C213. The normalized spacial score (nSPS) is 36.8. The van der Waals surface area contributed by atoms with E-state index >= 15 is 0 Å². The molecule has 0 radical (unpaired) electrons. The Bertz CT molecular complexity index is 3220. The van der Waals surface area contributed by atoms with Gasteiger partial charge in [0, 0.05) is 35.8 Å². The molecule has 2 fully saturated rings. The number of benzene rings is 2.